The number of quaternary nitrogens is 1. The van der Waals surface area contributed by atoms with Crippen molar-refractivity contribution in [2.45, 2.75) is 13.1 Å². The summed E-state index contributed by atoms with van der Waals surface area (Å²) in [6.45, 7) is 2.15. The second-order valence-electron chi connectivity index (χ2n) is 4.32. The Morgan fingerprint density at radius 1 is 1.50 bits per heavy atom. The molecular weight excluding hydrogens is 306 g/mol. The van der Waals surface area contributed by atoms with Gasteiger partial charge in [-0.3, -0.25) is 10.1 Å². The van der Waals surface area contributed by atoms with Gasteiger partial charge in [0, 0.05) is 12.4 Å². The first kappa shape index (κ1) is 14.7. The third-order valence-electron chi connectivity index (χ3n) is 3.22. The summed E-state index contributed by atoms with van der Waals surface area (Å²) < 4.78 is 10.9. The van der Waals surface area contributed by atoms with Crippen LogP contribution < -0.4 is 0 Å². The van der Waals surface area contributed by atoms with Gasteiger partial charge in [0.25, 0.3) is 10.8 Å². The minimum absolute atomic E-state index is 0.0283. The van der Waals surface area contributed by atoms with E-state index in [4.69, 9.17) is 11.6 Å². The molecule has 0 N–H and O–H groups in total. The standard InChI is InChI=1S/C10H11ClN5O3S/c1-3-16(2)8(7-12-4-6(11)5-13-7)14-9(20-19)10(16)15(17)18/h4-5,10H,3H2,1-2H3/q+1. The van der Waals surface area contributed by atoms with Crippen LogP contribution in [0.5, 0.6) is 0 Å². The Bertz CT molecular complexity index is 643. The van der Waals surface area contributed by atoms with Crippen molar-refractivity contribution in [2.24, 2.45) is 4.99 Å². The second-order valence-corrected chi connectivity index (χ2v) is 5.35. The molecule has 2 rings (SSSR count). The van der Waals surface area contributed by atoms with E-state index in [0.717, 1.165) is 0 Å². The summed E-state index contributed by atoms with van der Waals surface area (Å²) in [6, 6.07) is 0. The zero-order chi connectivity index (χ0) is 14.9. The number of nitro groups is 1. The maximum atomic E-state index is 11.3. The second kappa shape index (κ2) is 5.35. The molecule has 1 aliphatic rings. The Labute approximate surface area is 122 Å². The maximum absolute atomic E-state index is 11.3. The van der Waals surface area contributed by atoms with Gasteiger partial charge >= 0.3 is 6.17 Å². The molecule has 0 aliphatic carbocycles. The lowest BCUT2D eigenvalue weighted by molar-refractivity contribution is -0.921. The number of rotatable bonds is 3. The first-order valence-corrected chi connectivity index (χ1v) is 6.78. The summed E-state index contributed by atoms with van der Waals surface area (Å²) in [4.78, 5) is 22.8. The van der Waals surface area contributed by atoms with Gasteiger partial charge in [0.1, 0.15) is 11.3 Å². The Kier molecular flexibility index (Phi) is 3.93. The third kappa shape index (κ3) is 2.23. The minimum Gasteiger partial charge on any atom is -0.259 e. The molecule has 2 atom stereocenters. The van der Waals surface area contributed by atoms with E-state index in [2.05, 4.69) is 15.0 Å². The molecule has 1 aromatic rings. The van der Waals surface area contributed by atoms with Gasteiger partial charge in [0.05, 0.1) is 23.5 Å². The van der Waals surface area contributed by atoms with Crippen molar-refractivity contribution in [2.75, 3.05) is 13.6 Å². The highest BCUT2D eigenvalue weighted by atomic mass is 35.5. The lowest BCUT2D eigenvalue weighted by Gasteiger charge is -2.28. The molecule has 10 heteroatoms. The van der Waals surface area contributed by atoms with E-state index in [1.165, 1.54) is 12.4 Å². The van der Waals surface area contributed by atoms with Gasteiger partial charge in [-0.05, 0) is 6.92 Å². The van der Waals surface area contributed by atoms with Crippen LogP contribution in [0, 0.1) is 10.1 Å². The smallest absolute Gasteiger partial charge is 0.259 e. The first-order chi connectivity index (χ1) is 9.43. The van der Waals surface area contributed by atoms with E-state index >= 15 is 0 Å². The SMILES string of the molecule is CC[N+]1(C)C(c2ncc(Cl)cn2)=NC(=S=O)C1[N+](=O)[O-]. The maximum Gasteiger partial charge on any atom is 0.398 e. The molecule has 0 fully saturated rings. The van der Waals surface area contributed by atoms with Crippen LogP contribution in [0.25, 0.3) is 0 Å². The fourth-order valence-electron chi connectivity index (χ4n) is 2.02. The first-order valence-electron chi connectivity index (χ1n) is 5.66. The number of likely N-dealkylation sites (N-methyl/N-ethyl adjacent to an activating group) is 1. The van der Waals surface area contributed by atoms with Crippen LogP contribution >= 0.6 is 11.6 Å². The van der Waals surface area contributed by atoms with E-state index in [1.807, 2.05) is 0 Å². The predicted octanol–water partition coefficient (Wildman–Crippen LogP) is 0.302. The van der Waals surface area contributed by atoms with Crippen LogP contribution in [0.1, 0.15) is 12.7 Å². The summed E-state index contributed by atoms with van der Waals surface area (Å²) >= 11 is 5.75. The van der Waals surface area contributed by atoms with E-state index in [0.29, 0.717) is 17.4 Å². The molecule has 20 heavy (non-hydrogen) atoms. The van der Waals surface area contributed by atoms with Crippen molar-refractivity contribution < 1.29 is 13.6 Å². The number of amidine groups is 1. The number of hydrogen-bond acceptors (Lipinski definition) is 5. The highest BCUT2D eigenvalue weighted by Gasteiger charge is 2.56. The minimum atomic E-state index is -1.23. The van der Waals surface area contributed by atoms with Gasteiger partial charge in [-0.15, -0.1) is 0 Å². The zero-order valence-corrected chi connectivity index (χ0v) is 12.3. The van der Waals surface area contributed by atoms with Crippen molar-refractivity contribution in [1.82, 2.24) is 9.97 Å². The largest absolute Gasteiger partial charge is 0.398 e. The van der Waals surface area contributed by atoms with E-state index in [-0.39, 0.29) is 26.6 Å². The van der Waals surface area contributed by atoms with E-state index < -0.39 is 11.1 Å². The Morgan fingerprint density at radius 3 is 2.55 bits per heavy atom. The molecule has 2 unspecified atom stereocenters. The predicted molar refractivity (Wildman–Crippen MR) is 74.2 cm³/mol. The molecule has 0 spiro atoms. The normalized spacial score (nSPS) is 25.4. The van der Waals surface area contributed by atoms with Crippen molar-refractivity contribution in [3.63, 3.8) is 0 Å². The average Bonchev–Trinajstić information content (AvgIpc) is 2.73. The number of aliphatic imine (C=N–C) groups is 1. The third-order valence-corrected chi connectivity index (χ3v) is 3.89. The van der Waals surface area contributed by atoms with Gasteiger partial charge in [-0.1, -0.05) is 11.6 Å². The molecule has 0 radical (unpaired) electrons. The monoisotopic (exact) mass is 316 g/mol. The highest BCUT2D eigenvalue weighted by Crippen LogP contribution is 2.24. The Hall–Kier alpha value is -1.71. The van der Waals surface area contributed by atoms with Crippen LogP contribution in [-0.2, 0) is 11.3 Å². The molecule has 0 bridgehead atoms. The lowest BCUT2D eigenvalue weighted by Crippen LogP contribution is -2.58. The molecule has 1 aromatic heterocycles. The summed E-state index contributed by atoms with van der Waals surface area (Å²) in [5.41, 5.74) is 0. The van der Waals surface area contributed by atoms with Crippen LogP contribution in [0.3, 0.4) is 0 Å². The Morgan fingerprint density at radius 2 is 2.10 bits per heavy atom. The molecule has 0 amide bonds. The summed E-state index contributed by atoms with van der Waals surface area (Å²) in [6.07, 6.45) is 1.54. The lowest BCUT2D eigenvalue weighted by atomic mass is 10.3. The van der Waals surface area contributed by atoms with E-state index in [9.17, 15) is 14.3 Å². The van der Waals surface area contributed by atoms with Crippen LogP contribution in [-0.4, -0.2) is 54.2 Å². The fourth-order valence-corrected chi connectivity index (χ4v) is 2.65. The molecule has 0 saturated heterocycles. The van der Waals surface area contributed by atoms with Crippen molar-refractivity contribution >= 4 is 33.7 Å². The average molecular weight is 317 g/mol. The number of halogens is 1. The van der Waals surface area contributed by atoms with Crippen molar-refractivity contribution in [3.8, 4) is 0 Å². The number of aromatic nitrogens is 2. The molecule has 1 aliphatic heterocycles. The molecular formula is C10H11ClN5O3S+. The molecule has 8 nitrogen and oxygen atoms in total. The van der Waals surface area contributed by atoms with E-state index in [1.54, 1.807) is 14.0 Å². The van der Waals surface area contributed by atoms with Gasteiger partial charge < -0.3 is 0 Å². The Balaban J connectivity index is 2.59. The summed E-state index contributed by atoms with van der Waals surface area (Å²) in [5.74, 6) is 0.527. The van der Waals surface area contributed by atoms with Crippen LogP contribution in [0.2, 0.25) is 5.02 Å². The van der Waals surface area contributed by atoms with Gasteiger partial charge in [0.2, 0.25) is 5.82 Å². The molecule has 2 heterocycles. The molecule has 106 valence electrons. The highest BCUT2D eigenvalue weighted by molar-refractivity contribution is 7.66. The summed E-state index contributed by atoms with van der Waals surface area (Å²) in [5, 5.41) is 11.6. The van der Waals surface area contributed by atoms with Crippen molar-refractivity contribution in [3.05, 3.63) is 33.4 Å². The number of hydrogen-bond donors (Lipinski definition) is 0. The van der Waals surface area contributed by atoms with Gasteiger partial charge in [-0.2, -0.15) is 4.99 Å². The van der Waals surface area contributed by atoms with Crippen LogP contribution in [0.15, 0.2) is 17.4 Å². The van der Waals surface area contributed by atoms with Crippen LogP contribution in [0.4, 0.5) is 0 Å². The molecule has 0 saturated carbocycles. The fraction of sp³-hybridized carbons (Fsp3) is 0.400. The topological polar surface area (TPSA) is 98.3 Å². The zero-order valence-electron chi connectivity index (χ0n) is 10.7. The number of nitrogens with zero attached hydrogens (tertiary/aromatic N) is 5. The van der Waals surface area contributed by atoms with Crippen molar-refractivity contribution in [1.29, 1.82) is 0 Å². The van der Waals surface area contributed by atoms with Gasteiger partial charge in [-0.25, -0.2) is 18.7 Å². The summed E-state index contributed by atoms with van der Waals surface area (Å²) in [7, 11) is 1.63. The molecule has 0 aromatic carbocycles. The quantitative estimate of drug-likeness (QED) is 0.346. The van der Waals surface area contributed by atoms with Gasteiger partial charge in [0.15, 0.2) is 0 Å².